The number of rotatable bonds is 4. The summed E-state index contributed by atoms with van der Waals surface area (Å²) >= 11 is 7.80. The lowest BCUT2D eigenvalue weighted by atomic mass is 10.1. The maximum atomic E-state index is 5.86. The van der Waals surface area contributed by atoms with Crippen LogP contribution in [0.4, 0.5) is 0 Å². The molecule has 2 nitrogen and oxygen atoms in total. The Labute approximate surface area is 117 Å². The van der Waals surface area contributed by atoms with Crippen LogP contribution in [0.5, 0.6) is 0 Å². The molecule has 4 heteroatoms. The molecule has 0 spiro atoms. The van der Waals surface area contributed by atoms with E-state index in [4.69, 9.17) is 11.6 Å². The number of amidine groups is 1. The van der Waals surface area contributed by atoms with Gasteiger partial charge in [-0.15, -0.1) is 0 Å². The first kappa shape index (κ1) is 12.4. The zero-order valence-electron chi connectivity index (χ0n) is 10.2. The minimum absolute atomic E-state index is 0.753. The van der Waals surface area contributed by atoms with Gasteiger partial charge in [0.05, 0.1) is 6.54 Å². The summed E-state index contributed by atoms with van der Waals surface area (Å²) in [6.45, 7) is 1.96. The second-order valence-corrected chi connectivity index (χ2v) is 6.61. The first-order valence-electron chi connectivity index (χ1n) is 6.51. The molecule has 0 radical (unpaired) electrons. The molecule has 0 aromatic heterocycles. The highest BCUT2D eigenvalue weighted by Crippen LogP contribution is 2.41. The van der Waals surface area contributed by atoms with Gasteiger partial charge < -0.3 is 5.32 Å². The first-order valence-corrected chi connectivity index (χ1v) is 7.76. The van der Waals surface area contributed by atoms with Gasteiger partial charge in [-0.2, -0.15) is 0 Å². The molecule has 1 fully saturated rings. The van der Waals surface area contributed by atoms with Crippen LogP contribution in [-0.2, 0) is 6.42 Å². The van der Waals surface area contributed by atoms with Gasteiger partial charge in [-0.1, -0.05) is 35.5 Å². The van der Waals surface area contributed by atoms with E-state index in [0.29, 0.717) is 0 Å². The molecular weight excluding hydrogens is 264 g/mol. The lowest BCUT2D eigenvalue weighted by Crippen LogP contribution is -2.22. The fraction of sp³-hybridized carbons (Fsp3) is 0.500. The highest BCUT2D eigenvalue weighted by molar-refractivity contribution is 8.14. The van der Waals surface area contributed by atoms with E-state index in [0.717, 1.165) is 40.9 Å². The average molecular weight is 281 g/mol. The van der Waals surface area contributed by atoms with E-state index >= 15 is 0 Å². The molecule has 96 valence electrons. The zero-order valence-corrected chi connectivity index (χ0v) is 11.8. The van der Waals surface area contributed by atoms with Crippen molar-refractivity contribution in [1.82, 2.24) is 5.32 Å². The zero-order chi connectivity index (χ0) is 12.4. The van der Waals surface area contributed by atoms with Crippen LogP contribution >= 0.6 is 23.4 Å². The molecule has 1 aromatic rings. The summed E-state index contributed by atoms with van der Waals surface area (Å²) in [5, 5.41) is 6.13. The summed E-state index contributed by atoms with van der Waals surface area (Å²) in [5.74, 6) is 0.939. The Balaban J connectivity index is 1.41. The Morgan fingerprint density at radius 1 is 1.28 bits per heavy atom. The van der Waals surface area contributed by atoms with Crippen LogP contribution in [0.25, 0.3) is 0 Å². The minimum atomic E-state index is 0.753. The molecule has 18 heavy (non-hydrogen) atoms. The molecule has 1 aliphatic heterocycles. The van der Waals surface area contributed by atoms with Gasteiger partial charge in [-0.3, -0.25) is 4.99 Å². The molecule has 0 bridgehead atoms. The van der Waals surface area contributed by atoms with Crippen LogP contribution in [0.3, 0.4) is 0 Å². The van der Waals surface area contributed by atoms with Crippen LogP contribution in [0.1, 0.15) is 18.4 Å². The third-order valence-corrected chi connectivity index (χ3v) is 5.01. The summed E-state index contributed by atoms with van der Waals surface area (Å²) in [7, 11) is 0. The highest BCUT2D eigenvalue weighted by atomic mass is 35.5. The van der Waals surface area contributed by atoms with Crippen molar-refractivity contribution in [3.05, 3.63) is 34.9 Å². The number of benzene rings is 1. The molecule has 1 atom stereocenters. The second-order valence-electron chi connectivity index (χ2n) is 4.94. The number of nitrogens with one attached hydrogen (secondary N) is 1. The number of nitrogens with zero attached hydrogens (tertiary/aromatic N) is 1. The summed E-state index contributed by atoms with van der Waals surface area (Å²) in [4.78, 5) is 4.57. The number of halogens is 1. The van der Waals surface area contributed by atoms with Gasteiger partial charge >= 0.3 is 0 Å². The van der Waals surface area contributed by atoms with Crippen LogP contribution in [-0.4, -0.2) is 23.5 Å². The van der Waals surface area contributed by atoms with E-state index < -0.39 is 0 Å². The molecule has 1 aromatic carbocycles. The van der Waals surface area contributed by atoms with E-state index in [1.165, 1.54) is 18.4 Å². The Bertz CT molecular complexity index is 440. The third kappa shape index (κ3) is 3.21. The molecule has 1 saturated carbocycles. The fourth-order valence-corrected chi connectivity index (χ4v) is 3.53. The van der Waals surface area contributed by atoms with E-state index in [-0.39, 0.29) is 0 Å². The van der Waals surface area contributed by atoms with E-state index in [1.807, 2.05) is 23.9 Å². The van der Waals surface area contributed by atoms with Crippen LogP contribution in [0.15, 0.2) is 29.3 Å². The molecule has 1 aliphatic carbocycles. The summed E-state index contributed by atoms with van der Waals surface area (Å²) in [5.41, 5.74) is 1.31. The average Bonchev–Trinajstić information content (AvgIpc) is 3.12. The Morgan fingerprint density at radius 2 is 2.06 bits per heavy atom. The van der Waals surface area contributed by atoms with Crippen LogP contribution < -0.4 is 5.32 Å². The minimum Gasteiger partial charge on any atom is -0.365 e. The second kappa shape index (κ2) is 5.54. The standard InChI is InChI=1S/C14H17ClN2S/c15-12-5-1-10(2-6-12)7-8-16-14-17-9-13(18-14)11-3-4-11/h1-2,5-6,11,13H,3-4,7-9H2,(H,16,17). The Hall–Kier alpha value is -0.670. The van der Waals surface area contributed by atoms with Crippen molar-refractivity contribution in [3.8, 4) is 0 Å². The summed E-state index contributed by atoms with van der Waals surface area (Å²) < 4.78 is 0. The highest BCUT2D eigenvalue weighted by Gasteiger charge is 2.35. The Morgan fingerprint density at radius 3 is 2.78 bits per heavy atom. The number of hydrogen-bond acceptors (Lipinski definition) is 3. The van der Waals surface area contributed by atoms with Gasteiger partial charge in [-0.05, 0) is 42.9 Å². The van der Waals surface area contributed by atoms with Gasteiger partial charge in [0.2, 0.25) is 0 Å². The first-order chi connectivity index (χ1) is 8.81. The van der Waals surface area contributed by atoms with Gasteiger partial charge in [0.1, 0.15) is 0 Å². The van der Waals surface area contributed by atoms with Crippen molar-refractivity contribution in [2.24, 2.45) is 10.9 Å². The molecule has 1 N–H and O–H groups in total. The number of thioether (sulfide) groups is 1. The monoisotopic (exact) mass is 280 g/mol. The number of aliphatic imine (C=N–C) groups is 1. The lowest BCUT2D eigenvalue weighted by molar-refractivity contribution is 0.771. The lowest BCUT2D eigenvalue weighted by Gasteiger charge is -2.07. The topological polar surface area (TPSA) is 24.4 Å². The fourth-order valence-electron chi connectivity index (χ4n) is 2.17. The van der Waals surface area contributed by atoms with Gasteiger partial charge in [0.15, 0.2) is 5.17 Å². The van der Waals surface area contributed by atoms with E-state index in [1.54, 1.807) is 0 Å². The van der Waals surface area contributed by atoms with Crippen molar-refractivity contribution in [3.63, 3.8) is 0 Å². The Kier molecular flexibility index (Phi) is 3.80. The summed E-state index contributed by atoms with van der Waals surface area (Å²) in [6.07, 6.45) is 3.83. The normalized spacial score (nSPS) is 22.9. The smallest absolute Gasteiger partial charge is 0.156 e. The van der Waals surface area contributed by atoms with Crippen LogP contribution in [0.2, 0.25) is 5.02 Å². The SMILES string of the molecule is Clc1ccc(CCNC2=NCC(C3CC3)S2)cc1. The largest absolute Gasteiger partial charge is 0.365 e. The quantitative estimate of drug-likeness (QED) is 0.915. The van der Waals surface area contributed by atoms with Gasteiger partial charge in [0, 0.05) is 16.8 Å². The maximum absolute atomic E-state index is 5.86. The maximum Gasteiger partial charge on any atom is 0.156 e. The molecule has 2 aliphatic rings. The van der Waals surface area contributed by atoms with Gasteiger partial charge in [0.25, 0.3) is 0 Å². The predicted octanol–water partition coefficient (Wildman–Crippen LogP) is 3.35. The van der Waals surface area contributed by atoms with Crippen molar-refractivity contribution >= 4 is 28.5 Å². The predicted molar refractivity (Wildman–Crippen MR) is 79.6 cm³/mol. The van der Waals surface area contributed by atoms with Gasteiger partial charge in [-0.25, -0.2) is 0 Å². The molecular formula is C14H17ClN2S. The molecule has 1 heterocycles. The van der Waals surface area contributed by atoms with Crippen molar-refractivity contribution in [2.75, 3.05) is 13.1 Å². The van der Waals surface area contributed by atoms with Crippen molar-refractivity contribution < 1.29 is 0 Å². The molecule has 3 rings (SSSR count). The molecule has 0 saturated heterocycles. The summed E-state index contributed by atoms with van der Waals surface area (Å²) in [6, 6.07) is 8.06. The van der Waals surface area contributed by atoms with Crippen molar-refractivity contribution in [2.45, 2.75) is 24.5 Å². The van der Waals surface area contributed by atoms with Crippen molar-refractivity contribution in [1.29, 1.82) is 0 Å². The number of hydrogen-bond donors (Lipinski definition) is 1. The third-order valence-electron chi connectivity index (χ3n) is 3.43. The van der Waals surface area contributed by atoms with E-state index in [2.05, 4.69) is 22.4 Å². The molecule has 1 unspecified atom stereocenters. The van der Waals surface area contributed by atoms with E-state index in [9.17, 15) is 0 Å². The molecule has 0 amide bonds. The van der Waals surface area contributed by atoms with Crippen LogP contribution in [0, 0.1) is 5.92 Å².